The number of aliphatic hydroxyl groups is 1. The number of rotatable bonds is 17. The number of benzene rings is 5. The molecule has 26 heteroatoms. The Balaban J connectivity index is 1.50. The van der Waals surface area contributed by atoms with Gasteiger partial charge in [0.1, 0.15) is 38.2 Å². The molecule has 1 fully saturated rings. The maximum Gasteiger partial charge on any atom is 0.418 e. The van der Waals surface area contributed by atoms with Crippen molar-refractivity contribution in [2.24, 2.45) is 0 Å². The van der Waals surface area contributed by atoms with Crippen molar-refractivity contribution in [3.8, 4) is 39.8 Å². The van der Waals surface area contributed by atoms with Gasteiger partial charge in [0.05, 0.1) is 63.2 Å². The lowest BCUT2D eigenvalue weighted by molar-refractivity contribution is 0.0269. The number of nitrogens with zero attached hydrogens (tertiary/aromatic N) is 8. The summed E-state index contributed by atoms with van der Waals surface area (Å²) in [5, 5.41) is 37.7. The molecule has 1 aliphatic heterocycles. The number of imidazole rings is 1. The quantitative estimate of drug-likeness (QED) is 0.0667. The third kappa shape index (κ3) is 13.7. The molecule has 8 rings (SSSR count). The first-order valence-electron chi connectivity index (χ1n) is 26.2. The van der Waals surface area contributed by atoms with Crippen LogP contribution in [0.1, 0.15) is 84.6 Å². The fourth-order valence-electron chi connectivity index (χ4n) is 9.43. The summed E-state index contributed by atoms with van der Waals surface area (Å²) in [4.78, 5) is 44.4. The third-order valence-corrected chi connectivity index (χ3v) is 16.8. The third-order valence-electron chi connectivity index (χ3n) is 13.2. The summed E-state index contributed by atoms with van der Waals surface area (Å²) in [7, 11) is -5.98. The van der Waals surface area contributed by atoms with E-state index in [2.05, 4.69) is 25.6 Å². The van der Waals surface area contributed by atoms with Gasteiger partial charge in [0.25, 0.3) is 0 Å². The molecule has 0 saturated carbocycles. The number of β-amino-alcohol motifs (C(OH)–C–C–N with tert-alkyl or cyclic N) is 1. The Kier molecular flexibility index (Phi) is 17.3. The average molecular weight is 1180 g/mol. The molecule has 3 heterocycles. The van der Waals surface area contributed by atoms with Gasteiger partial charge < -0.3 is 38.8 Å². The topological polar surface area (TPSA) is 298 Å². The number of fused-ring (bicyclic) bond motifs is 1. The van der Waals surface area contributed by atoms with E-state index >= 15 is 16.8 Å². The van der Waals surface area contributed by atoms with E-state index in [4.69, 9.17) is 28.7 Å². The van der Waals surface area contributed by atoms with Gasteiger partial charge >= 0.3 is 18.3 Å². The lowest BCUT2D eigenvalue weighted by Crippen LogP contribution is -2.44. The number of aliphatic hydroxyl groups excluding tert-OH is 1. The molecule has 24 nitrogen and oxygen atoms in total. The van der Waals surface area contributed by atoms with Gasteiger partial charge in [-0.3, -0.25) is 5.32 Å². The number of anilines is 1. The highest BCUT2D eigenvalue weighted by Crippen LogP contribution is 2.47. The van der Waals surface area contributed by atoms with Crippen molar-refractivity contribution in [2.75, 3.05) is 39.7 Å². The second-order valence-corrected chi connectivity index (χ2v) is 26.3. The van der Waals surface area contributed by atoms with E-state index in [1.54, 1.807) is 120 Å². The standard InChI is InChI=1S/C57H68N10O14S2/c1-55(2,3)41-26-27-43-48(58-51(67(43)53(70)71)59-52(69)80-56(4,5)6)46(41)40-25-28-45(82(73,74)61-42-32-64(33-44(42)68)54(72)81-57(7,8)9)49(47(40)50-60-62-63-66(50)31-36-17-23-39(79-12)24-18-36)83(75,76)65(29-34-13-19-37(77-10)20-14-34)30-35-15-21-38(78-11)22-16-35/h13-28,42,44,61,68H,29-33H2,1-12H3,(H,70,71)(H,58,59,69)/t42-,44+/m0/s1. The van der Waals surface area contributed by atoms with Crippen molar-refractivity contribution in [3.63, 3.8) is 0 Å². The molecule has 4 N–H and O–H groups in total. The first kappa shape index (κ1) is 60.9. The normalized spacial score (nSPS) is 15.1. The molecule has 442 valence electrons. The molecule has 2 atom stereocenters. The number of hydrogen-bond acceptors (Lipinski definition) is 17. The number of tetrazole rings is 1. The number of carboxylic acid groups (broad SMARTS) is 1. The van der Waals surface area contributed by atoms with Crippen molar-refractivity contribution in [1.29, 1.82) is 0 Å². The molecule has 2 aromatic heterocycles. The Labute approximate surface area is 481 Å². The summed E-state index contributed by atoms with van der Waals surface area (Å²) in [6.07, 6.45) is -4.89. The van der Waals surface area contributed by atoms with Crippen LogP contribution in [0.25, 0.3) is 33.5 Å². The largest absolute Gasteiger partial charge is 0.497 e. The van der Waals surface area contributed by atoms with Gasteiger partial charge in [0.2, 0.25) is 26.0 Å². The monoisotopic (exact) mass is 1180 g/mol. The molecular formula is C57H68N10O14S2. The van der Waals surface area contributed by atoms with Crippen LogP contribution in [-0.2, 0) is 54.6 Å². The summed E-state index contributed by atoms with van der Waals surface area (Å²) in [6.45, 7) is 13.9. The van der Waals surface area contributed by atoms with Crippen LogP contribution in [0.5, 0.6) is 17.2 Å². The van der Waals surface area contributed by atoms with Gasteiger partial charge in [-0.25, -0.2) is 50.2 Å². The summed E-state index contributed by atoms with van der Waals surface area (Å²) in [5.74, 6) is 0.755. The maximum atomic E-state index is 16.8. The lowest BCUT2D eigenvalue weighted by Gasteiger charge is -2.29. The molecule has 0 aliphatic carbocycles. The van der Waals surface area contributed by atoms with Gasteiger partial charge in [-0.15, -0.1) is 5.10 Å². The Morgan fingerprint density at radius 3 is 1.75 bits per heavy atom. The number of ether oxygens (including phenoxy) is 5. The number of sulfonamides is 2. The van der Waals surface area contributed by atoms with Crippen LogP contribution in [0.4, 0.5) is 20.3 Å². The second-order valence-electron chi connectivity index (χ2n) is 22.8. The average Bonchev–Trinajstić information content (AvgIpc) is 2.85. The first-order valence-corrected chi connectivity index (χ1v) is 29.1. The molecule has 0 radical (unpaired) electrons. The Morgan fingerprint density at radius 1 is 0.699 bits per heavy atom. The fourth-order valence-corrected chi connectivity index (χ4v) is 13.1. The summed E-state index contributed by atoms with van der Waals surface area (Å²) >= 11 is 0. The lowest BCUT2D eigenvalue weighted by atomic mass is 9.80. The summed E-state index contributed by atoms with van der Waals surface area (Å²) in [6, 6.07) is 24.3. The number of aromatic nitrogens is 6. The molecule has 83 heavy (non-hydrogen) atoms. The molecule has 1 saturated heterocycles. The highest BCUT2D eigenvalue weighted by atomic mass is 32.2. The zero-order valence-electron chi connectivity index (χ0n) is 48.1. The number of amides is 2. The zero-order valence-corrected chi connectivity index (χ0v) is 49.7. The molecule has 0 unspecified atom stereocenters. The van der Waals surface area contributed by atoms with Crippen molar-refractivity contribution in [2.45, 2.75) is 121 Å². The first-order chi connectivity index (χ1) is 38.9. The van der Waals surface area contributed by atoms with Crippen LogP contribution in [0, 0.1) is 0 Å². The molecule has 0 bridgehead atoms. The number of methoxy groups -OCH3 is 3. The number of carbonyl (C=O) groups is 3. The Morgan fingerprint density at radius 2 is 1.24 bits per heavy atom. The van der Waals surface area contributed by atoms with E-state index in [1.807, 2.05) is 20.8 Å². The number of nitrogens with one attached hydrogen (secondary N) is 2. The maximum absolute atomic E-state index is 16.8. The second kappa shape index (κ2) is 23.6. The van der Waals surface area contributed by atoms with Crippen molar-refractivity contribution in [1.82, 2.24) is 43.7 Å². The zero-order chi connectivity index (χ0) is 60.6. The van der Waals surface area contributed by atoms with E-state index in [0.717, 1.165) is 19.8 Å². The molecule has 7 aromatic rings. The highest BCUT2D eigenvalue weighted by molar-refractivity contribution is 7.92. The van der Waals surface area contributed by atoms with Gasteiger partial charge in [-0.1, -0.05) is 69.3 Å². The van der Waals surface area contributed by atoms with Crippen LogP contribution in [-0.4, -0.2) is 142 Å². The molecule has 1 aliphatic rings. The number of carbonyl (C=O) groups excluding carboxylic acids is 2. The van der Waals surface area contributed by atoms with E-state index in [9.17, 15) is 24.6 Å². The van der Waals surface area contributed by atoms with Gasteiger partial charge in [-0.2, -0.15) is 4.31 Å². The Hall–Kier alpha value is -8.17. The highest BCUT2D eigenvalue weighted by Gasteiger charge is 2.43. The van der Waals surface area contributed by atoms with Gasteiger partial charge in [0, 0.05) is 25.2 Å². The van der Waals surface area contributed by atoms with Gasteiger partial charge in [0.15, 0.2) is 5.82 Å². The number of likely N-dealkylation sites (tertiary alicyclic amines) is 1. The van der Waals surface area contributed by atoms with Crippen molar-refractivity contribution < 1.29 is 65.1 Å². The smallest absolute Gasteiger partial charge is 0.418 e. The molecule has 5 aromatic carbocycles. The van der Waals surface area contributed by atoms with Crippen molar-refractivity contribution >= 4 is 55.3 Å². The van der Waals surface area contributed by atoms with Crippen LogP contribution in [0.3, 0.4) is 0 Å². The van der Waals surface area contributed by atoms with Crippen molar-refractivity contribution in [3.05, 3.63) is 119 Å². The SMILES string of the molecule is COc1ccc(CN(Cc2ccc(OC)cc2)S(=O)(=O)c2c(S(=O)(=O)N[C@H]3CN(C(=O)OC(C)(C)C)C[C@H]3O)ccc(-c3c(C(C)(C)C)ccc4c3nc(NC(=O)OC(C)(C)C)n4C(=O)O)c2-c2nnnn2Cc2ccc(OC)cc2)cc1. The fraction of sp³-hybridized carbons (Fsp3) is 0.386. The van der Waals surface area contributed by atoms with Crippen LogP contribution in [0.15, 0.2) is 107 Å². The van der Waals surface area contributed by atoms with E-state index in [-0.39, 0.29) is 66.3 Å². The minimum atomic E-state index is -5.29. The summed E-state index contributed by atoms with van der Waals surface area (Å²) in [5.41, 5.74) is -1.25. The molecule has 0 spiro atoms. The van der Waals surface area contributed by atoms with Crippen LogP contribution >= 0.6 is 0 Å². The van der Waals surface area contributed by atoms with Crippen LogP contribution in [0.2, 0.25) is 0 Å². The predicted octanol–water partition coefficient (Wildman–Crippen LogP) is 8.25. The predicted molar refractivity (Wildman–Crippen MR) is 306 cm³/mol. The Bertz CT molecular complexity index is 3730. The van der Waals surface area contributed by atoms with Gasteiger partial charge in [-0.05, 0) is 134 Å². The van der Waals surface area contributed by atoms with E-state index < -0.39 is 82.8 Å². The minimum absolute atomic E-state index is 0.0338. The minimum Gasteiger partial charge on any atom is -0.497 e. The molecular weight excluding hydrogens is 1110 g/mol. The molecule has 2 amide bonds. The van der Waals surface area contributed by atoms with E-state index in [1.165, 1.54) is 38.1 Å². The summed E-state index contributed by atoms with van der Waals surface area (Å²) < 4.78 is 98.0. The number of hydrogen-bond donors (Lipinski definition) is 4. The van der Waals surface area contributed by atoms with E-state index in [0.29, 0.717) is 39.5 Å². The van der Waals surface area contributed by atoms with Crippen LogP contribution < -0.4 is 24.2 Å².